The van der Waals surface area contributed by atoms with Crippen LogP contribution in [0.3, 0.4) is 0 Å². The Morgan fingerprint density at radius 3 is 2.56 bits per heavy atom. The topological polar surface area (TPSA) is 169 Å². The molecule has 2 N–H and O–H groups in total. The minimum absolute atomic E-state index is 0.00513. The summed E-state index contributed by atoms with van der Waals surface area (Å²) in [7, 11) is 1.75. The van der Waals surface area contributed by atoms with E-state index >= 15 is 0 Å². The second-order valence-electron chi connectivity index (χ2n) is 18.0. The van der Waals surface area contributed by atoms with E-state index in [2.05, 4.69) is 41.6 Å². The molecule has 1 aromatic carbocycles. The van der Waals surface area contributed by atoms with E-state index < -0.39 is 30.0 Å². The monoisotopic (exact) mass is 868 g/mol. The number of hydrogen-bond donors (Lipinski definition) is 2. The molecule has 5 aromatic rings. The van der Waals surface area contributed by atoms with Crippen molar-refractivity contribution >= 4 is 45.9 Å². The summed E-state index contributed by atoms with van der Waals surface area (Å²) in [6.07, 6.45) is 9.98. The fraction of sp³-hybridized carbons (Fsp3) is 0.568. The summed E-state index contributed by atoms with van der Waals surface area (Å²) >= 11 is 0. The van der Waals surface area contributed by atoms with Crippen LogP contribution in [-0.2, 0) is 27.8 Å². The van der Waals surface area contributed by atoms with Gasteiger partial charge in [-0.1, -0.05) is 12.1 Å². The number of anilines is 2. The van der Waals surface area contributed by atoms with Crippen molar-refractivity contribution in [3.63, 3.8) is 0 Å². The number of piperidine rings is 1. The van der Waals surface area contributed by atoms with Crippen LogP contribution in [0.2, 0.25) is 0 Å². The molecule has 4 saturated heterocycles. The van der Waals surface area contributed by atoms with E-state index in [0.29, 0.717) is 24.6 Å². The number of aromatic nitrogens is 7. The maximum Gasteiger partial charge on any atom is 0.329 e. The minimum Gasteiger partial charge on any atom is -0.374 e. The number of imidazole rings is 1. The van der Waals surface area contributed by atoms with Crippen LogP contribution < -0.4 is 21.2 Å². The number of ether oxygens (including phenoxy) is 1. The summed E-state index contributed by atoms with van der Waals surface area (Å²) in [4.78, 5) is 63.2. The predicted octanol–water partition coefficient (Wildman–Crippen LogP) is 4.10. The van der Waals surface area contributed by atoms with Gasteiger partial charge in [-0.2, -0.15) is 10.2 Å². The van der Waals surface area contributed by atoms with Crippen molar-refractivity contribution in [1.29, 1.82) is 0 Å². The summed E-state index contributed by atoms with van der Waals surface area (Å²) in [6.45, 7) is 7.44. The number of nitrogens with zero attached hydrogens (tertiary/aromatic N) is 10. The van der Waals surface area contributed by atoms with E-state index in [9.17, 15) is 28.0 Å². The number of aryl methyl sites for hydroxylation is 2. The second kappa shape index (κ2) is 17.2. The highest BCUT2D eigenvalue weighted by atomic mass is 19.3. The number of rotatable bonds is 13. The molecule has 3 amide bonds. The van der Waals surface area contributed by atoms with Gasteiger partial charge in [-0.15, -0.1) is 0 Å². The fourth-order valence-corrected chi connectivity index (χ4v) is 10.7. The van der Waals surface area contributed by atoms with Crippen LogP contribution in [0.5, 0.6) is 0 Å². The average Bonchev–Trinajstić information content (AvgIpc) is 4.13. The second-order valence-corrected chi connectivity index (χ2v) is 18.0. The number of morpholine rings is 1. The molecule has 1 saturated carbocycles. The van der Waals surface area contributed by atoms with Crippen molar-refractivity contribution in [2.24, 2.45) is 13.0 Å². The highest BCUT2D eigenvalue weighted by molar-refractivity contribution is 6.08. The van der Waals surface area contributed by atoms with E-state index in [-0.39, 0.29) is 47.5 Å². The Labute approximate surface area is 362 Å². The van der Waals surface area contributed by atoms with E-state index in [1.54, 1.807) is 33.3 Å². The Kier molecular flexibility index (Phi) is 11.3. The molecule has 8 heterocycles. The number of fused-ring (bicyclic) bond motifs is 4. The molecule has 5 aliphatic rings. The quantitative estimate of drug-likeness (QED) is 0.129. The summed E-state index contributed by atoms with van der Waals surface area (Å²) in [6, 6.07) is 7.28. The number of unbranched alkanes of at least 4 members (excludes halogenated alkanes) is 1. The number of benzene rings is 1. The van der Waals surface area contributed by atoms with Crippen molar-refractivity contribution < 1.29 is 27.9 Å². The van der Waals surface area contributed by atoms with Gasteiger partial charge in [0.25, 0.3) is 12.3 Å². The van der Waals surface area contributed by atoms with Gasteiger partial charge in [0.05, 0.1) is 47.7 Å². The summed E-state index contributed by atoms with van der Waals surface area (Å²) < 4.78 is 40.7. The molecule has 17 nitrogen and oxygen atoms in total. The maximum atomic E-state index is 14.3. The van der Waals surface area contributed by atoms with E-state index in [1.165, 1.54) is 10.7 Å². The van der Waals surface area contributed by atoms with Gasteiger partial charge in [0.1, 0.15) is 17.4 Å². The number of imide groups is 1. The van der Waals surface area contributed by atoms with Crippen LogP contribution in [0.15, 0.2) is 47.7 Å². The SMILES string of the molecule is Cn1c(=O)n(C2CCC(=O)NC2=O)c2cccc(CCCCN3CCN(C[C@H]4CC[C@H](n5cc(NC(=O)c6cnn7ccc(N8C[C@H]9C[C@@H]8CO9)nc67)c(C(F)F)n5)CC4)CC3)c21. The zero-order chi connectivity index (χ0) is 43.4. The average molecular weight is 869 g/mol. The molecule has 3 atom stereocenters. The van der Waals surface area contributed by atoms with Gasteiger partial charge in [-0.3, -0.25) is 33.5 Å². The van der Waals surface area contributed by atoms with Crippen LogP contribution in [0, 0.1) is 5.92 Å². The molecule has 2 bridgehead atoms. The first-order valence-corrected chi connectivity index (χ1v) is 22.5. The van der Waals surface area contributed by atoms with Crippen LogP contribution in [0.25, 0.3) is 16.7 Å². The zero-order valence-electron chi connectivity index (χ0n) is 35.5. The zero-order valence-corrected chi connectivity index (χ0v) is 35.5. The van der Waals surface area contributed by atoms with Crippen molar-refractivity contribution in [2.45, 2.75) is 94.9 Å². The van der Waals surface area contributed by atoms with Crippen molar-refractivity contribution in [2.75, 3.05) is 62.6 Å². The van der Waals surface area contributed by atoms with Crippen molar-refractivity contribution in [1.82, 2.24) is 48.6 Å². The largest absolute Gasteiger partial charge is 0.374 e. The fourth-order valence-electron chi connectivity index (χ4n) is 10.7. The molecular formula is C44H54F2N12O5. The van der Waals surface area contributed by atoms with Crippen LogP contribution in [0.4, 0.5) is 20.3 Å². The number of hydrogen-bond acceptors (Lipinski definition) is 11. The molecule has 334 valence electrons. The van der Waals surface area contributed by atoms with Gasteiger partial charge in [0.2, 0.25) is 11.8 Å². The first-order chi connectivity index (χ1) is 30.6. The molecule has 4 aromatic heterocycles. The molecule has 0 radical (unpaired) electrons. The number of nitrogens with one attached hydrogen (secondary N) is 2. The Morgan fingerprint density at radius 1 is 1.00 bits per heavy atom. The molecule has 1 unspecified atom stereocenters. The maximum absolute atomic E-state index is 14.3. The molecule has 10 rings (SSSR count). The molecule has 0 spiro atoms. The molecule has 1 aliphatic carbocycles. The summed E-state index contributed by atoms with van der Waals surface area (Å²) in [5.74, 6) is -0.0287. The lowest BCUT2D eigenvalue weighted by molar-refractivity contribution is -0.135. The van der Waals surface area contributed by atoms with Gasteiger partial charge in [0, 0.05) is 65.1 Å². The lowest BCUT2D eigenvalue weighted by atomic mass is 9.85. The minimum atomic E-state index is -2.85. The van der Waals surface area contributed by atoms with E-state index in [4.69, 9.17) is 9.72 Å². The van der Waals surface area contributed by atoms with Gasteiger partial charge in [0.15, 0.2) is 11.3 Å². The third-order valence-corrected chi connectivity index (χ3v) is 14.1. The number of carbonyl (C=O) groups is 3. The highest BCUT2D eigenvalue weighted by Crippen LogP contribution is 2.36. The smallest absolute Gasteiger partial charge is 0.329 e. The number of piperazine rings is 1. The number of para-hydroxylation sites is 1. The first-order valence-electron chi connectivity index (χ1n) is 22.5. The third-order valence-electron chi connectivity index (χ3n) is 14.1. The summed E-state index contributed by atoms with van der Waals surface area (Å²) in [5, 5.41) is 13.7. The third kappa shape index (κ3) is 8.14. The number of halogens is 2. The number of alkyl halides is 2. The Balaban J connectivity index is 0.682. The molecule has 4 aliphatic heterocycles. The predicted molar refractivity (Wildman–Crippen MR) is 229 cm³/mol. The Hall–Kier alpha value is -5.53. The van der Waals surface area contributed by atoms with Gasteiger partial charge < -0.3 is 24.8 Å². The molecular weight excluding hydrogens is 815 g/mol. The lowest BCUT2D eigenvalue weighted by Gasteiger charge is -2.38. The lowest BCUT2D eigenvalue weighted by Crippen LogP contribution is -2.48. The van der Waals surface area contributed by atoms with Crippen molar-refractivity contribution in [3.8, 4) is 0 Å². The molecule has 5 fully saturated rings. The van der Waals surface area contributed by atoms with Crippen LogP contribution >= 0.6 is 0 Å². The summed E-state index contributed by atoms with van der Waals surface area (Å²) in [5.41, 5.74) is 2.54. The van der Waals surface area contributed by atoms with E-state index in [1.807, 2.05) is 18.2 Å². The Morgan fingerprint density at radius 2 is 1.81 bits per heavy atom. The van der Waals surface area contributed by atoms with Gasteiger partial charge in [-0.25, -0.2) is 23.1 Å². The van der Waals surface area contributed by atoms with Crippen LogP contribution in [0.1, 0.15) is 97.9 Å². The van der Waals surface area contributed by atoms with Gasteiger partial charge in [-0.05, 0) is 87.9 Å². The van der Waals surface area contributed by atoms with Crippen molar-refractivity contribution in [3.05, 3.63) is 70.2 Å². The van der Waals surface area contributed by atoms with Gasteiger partial charge >= 0.3 is 5.69 Å². The number of carbonyl (C=O) groups excluding carboxylic acids is 3. The highest BCUT2D eigenvalue weighted by Gasteiger charge is 2.40. The normalized spacial score (nSPS) is 24.6. The van der Waals surface area contributed by atoms with Crippen LogP contribution in [-0.4, -0.2) is 126 Å². The molecule has 19 heteroatoms. The van der Waals surface area contributed by atoms with E-state index in [0.717, 1.165) is 120 Å². The standard InChI is InChI=1S/C44H54F2N12O5/c1-52-39-28(6-4-7-34(39)58(44(52)62)35-12-13-37(59)50-43(35)61)5-2-3-15-53-17-19-54(20-18-53)23-27-8-10-29(11-9-27)57-25-33(38(51-57)40(45)46)48-42(60)32-22-47-56-16-14-36(49-41(32)56)55-24-31-21-30(55)26-63-31/h4,6-7,14,16,22,25,27,29-31,35,40H,2-3,5,8-13,15,17-21,23-24,26H2,1H3,(H,48,60)(H,50,59,61)/t27-,29-,30-,31-,35?/m1/s1. The molecule has 63 heavy (non-hydrogen) atoms. The number of amides is 3. The first kappa shape index (κ1) is 41.5. The Bertz CT molecular complexity index is 2590.